The molecule has 0 unspecified atom stereocenters. The molecule has 1 N–H and O–H groups in total. The molecule has 7 nitrogen and oxygen atoms in total. The lowest BCUT2D eigenvalue weighted by Gasteiger charge is -2.33. The Morgan fingerprint density at radius 3 is 2.83 bits per heavy atom. The summed E-state index contributed by atoms with van der Waals surface area (Å²) in [5.41, 5.74) is -0.143. The molecule has 1 aliphatic rings. The number of rotatable bonds is 4. The molecule has 2 rings (SSSR count). The highest BCUT2D eigenvalue weighted by Gasteiger charge is 2.25. The molecule has 1 atom stereocenters. The van der Waals surface area contributed by atoms with Crippen molar-refractivity contribution in [2.75, 3.05) is 19.6 Å². The van der Waals surface area contributed by atoms with Crippen molar-refractivity contribution >= 4 is 11.9 Å². The Labute approximate surface area is 136 Å². The fraction of sp³-hybridized carbons (Fsp3) is 0.625. The van der Waals surface area contributed by atoms with E-state index in [1.165, 1.54) is 12.4 Å². The number of piperidine rings is 1. The summed E-state index contributed by atoms with van der Waals surface area (Å²) in [6.45, 7) is 7.24. The molecule has 1 aliphatic heterocycles. The fourth-order valence-corrected chi connectivity index (χ4v) is 2.52. The van der Waals surface area contributed by atoms with Gasteiger partial charge in [-0.05, 0) is 40.2 Å². The van der Waals surface area contributed by atoms with Crippen LogP contribution >= 0.6 is 0 Å². The van der Waals surface area contributed by atoms with Crippen LogP contribution in [0.4, 0.5) is 4.79 Å². The van der Waals surface area contributed by atoms with E-state index in [-0.39, 0.29) is 18.4 Å². The second kappa shape index (κ2) is 7.50. The van der Waals surface area contributed by atoms with E-state index >= 15 is 0 Å². The second-order valence-corrected chi connectivity index (χ2v) is 6.73. The summed E-state index contributed by atoms with van der Waals surface area (Å²) in [7, 11) is 0. The van der Waals surface area contributed by atoms with Crippen molar-refractivity contribution < 1.29 is 14.3 Å². The van der Waals surface area contributed by atoms with Crippen molar-refractivity contribution in [3.63, 3.8) is 0 Å². The van der Waals surface area contributed by atoms with Gasteiger partial charge in [-0.2, -0.15) is 0 Å². The number of hydrogen-bond acceptors (Lipinski definition) is 6. The quantitative estimate of drug-likeness (QED) is 0.849. The van der Waals surface area contributed by atoms with Crippen LogP contribution in [0.1, 0.15) is 44.1 Å². The molecule has 0 bridgehead atoms. The number of amides is 1. The van der Waals surface area contributed by atoms with Gasteiger partial charge in [0.15, 0.2) is 5.78 Å². The van der Waals surface area contributed by atoms with Crippen LogP contribution in [0.15, 0.2) is 18.6 Å². The zero-order valence-corrected chi connectivity index (χ0v) is 13.9. The minimum absolute atomic E-state index is 0.00624. The Morgan fingerprint density at radius 1 is 1.39 bits per heavy atom. The molecule has 1 amide bonds. The van der Waals surface area contributed by atoms with Gasteiger partial charge in [-0.15, -0.1) is 0 Å². The highest BCUT2D eigenvalue weighted by molar-refractivity contribution is 5.95. The molecular formula is C16H24N4O3. The van der Waals surface area contributed by atoms with E-state index in [0.29, 0.717) is 12.2 Å². The Bertz CT molecular complexity index is 542. The standard InChI is InChI=1S/C16H24N4O3/c1-16(2,3)23-15(22)19-12-5-4-8-20(10-12)11-14(21)13-9-17-6-7-18-13/h6-7,9,12H,4-5,8,10-11H2,1-3H3,(H,19,22)/t12-/m0/s1. The Hall–Kier alpha value is -2.02. The molecule has 1 saturated heterocycles. The molecule has 0 radical (unpaired) electrons. The number of ketones is 1. The van der Waals surface area contributed by atoms with Gasteiger partial charge in [0.1, 0.15) is 11.3 Å². The molecular weight excluding hydrogens is 296 g/mol. The first-order chi connectivity index (χ1) is 10.8. The maximum Gasteiger partial charge on any atom is 0.407 e. The maximum atomic E-state index is 12.2. The first kappa shape index (κ1) is 17.3. The highest BCUT2D eigenvalue weighted by atomic mass is 16.6. The first-order valence-electron chi connectivity index (χ1n) is 7.84. The van der Waals surface area contributed by atoms with Crippen LogP contribution in [0.2, 0.25) is 0 Å². The van der Waals surface area contributed by atoms with E-state index in [1.807, 2.05) is 25.7 Å². The summed E-state index contributed by atoms with van der Waals surface area (Å²) >= 11 is 0. The van der Waals surface area contributed by atoms with Gasteiger partial charge in [-0.3, -0.25) is 14.7 Å². The van der Waals surface area contributed by atoms with Crippen molar-refractivity contribution in [1.82, 2.24) is 20.2 Å². The second-order valence-electron chi connectivity index (χ2n) is 6.73. The monoisotopic (exact) mass is 320 g/mol. The van der Waals surface area contributed by atoms with E-state index in [9.17, 15) is 9.59 Å². The lowest BCUT2D eigenvalue weighted by Crippen LogP contribution is -2.50. The van der Waals surface area contributed by atoms with Crippen LogP contribution in [0.3, 0.4) is 0 Å². The van der Waals surface area contributed by atoms with Gasteiger partial charge < -0.3 is 10.1 Å². The van der Waals surface area contributed by atoms with E-state index in [4.69, 9.17) is 4.74 Å². The smallest absolute Gasteiger partial charge is 0.407 e. The molecule has 7 heteroatoms. The SMILES string of the molecule is CC(C)(C)OC(=O)N[C@H]1CCCN(CC(=O)c2cnccn2)C1. The average Bonchev–Trinajstić information content (AvgIpc) is 2.46. The average molecular weight is 320 g/mol. The number of carbonyl (C=O) groups excluding carboxylic acids is 2. The summed E-state index contributed by atoms with van der Waals surface area (Å²) < 4.78 is 5.27. The third-order valence-corrected chi connectivity index (χ3v) is 3.44. The fourth-order valence-electron chi connectivity index (χ4n) is 2.52. The van der Waals surface area contributed by atoms with Crippen LogP contribution in [-0.2, 0) is 4.74 Å². The van der Waals surface area contributed by atoms with Gasteiger partial charge in [0.25, 0.3) is 0 Å². The van der Waals surface area contributed by atoms with Crippen LogP contribution < -0.4 is 5.32 Å². The van der Waals surface area contributed by atoms with E-state index in [2.05, 4.69) is 15.3 Å². The first-order valence-corrected chi connectivity index (χ1v) is 7.84. The van der Waals surface area contributed by atoms with Gasteiger partial charge in [0.05, 0.1) is 12.7 Å². The summed E-state index contributed by atoms with van der Waals surface area (Å²) in [5, 5.41) is 2.88. The number of carbonyl (C=O) groups is 2. The summed E-state index contributed by atoms with van der Waals surface area (Å²) in [4.78, 5) is 34.0. The third kappa shape index (κ3) is 5.94. The molecule has 2 heterocycles. The minimum atomic E-state index is -0.514. The van der Waals surface area contributed by atoms with Crippen molar-refractivity contribution in [2.45, 2.75) is 45.3 Å². The van der Waals surface area contributed by atoms with E-state index in [1.54, 1.807) is 6.20 Å². The lowest BCUT2D eigenvalue weighted by atomic mass is 10.1. The number of hydrogen-bond donors (Lipinski definition) is 1. The molecule has 1 aromatic heterocycles. The molecule has 1 fully saturated rings. The molecule has 0 aromatic carbocycles. The topological polar surface area (TPSA) is 84.4 Å². The van der Waals surface area contributed by atoms with Crippen molar-refractivity contribution in [2.24, 2.45) is 0 Å². The maximum absolute atomic E-state index is 12.2. The van der Waals surface area contributed by atoms with E-state index < -0.39 is 11.7 Å². The molecule has 1 aromatic rings. The third-order valence-electron chi connectivity index (χ3n) is 3.44. The van der Waals surface area contributed by atoms with Crippen molar-refractivity contribution in [3.8, 4) is 0 Å². The van der Waals surface area contributed by atoms with Crippen molar-refractivity contribution in [3.05, 3.63) is 24.3 Å². The lowest BCUT2D eigenvalue weighted by molar-refractivity contribution is 0.0473. The minimum Gasteiger partial charge on any atom is -0.444 e. The Morgan fingerprint density at radius 2 is 2.17 bits per heavy atom. The molecule has 0 spiro atoms. The van der Waals surface area contributed by atoms with Crippen LogP contribution in [-0.4, -0.2) is 58.0 Å². The predicted octanol–water partition coefficient (Wildman–Crippen LogP) is 1.65. The van der Waals surface area contributed by atoms with Crippen molar-refractivity contribution in [1.29, 1.82) is 0 Å². The summed E-state index contributed by atoms with van der Waals surface area (Å²) in [5.74, 6) is -0.0592. The summed E-state index contributed by atoms with van der Waals surface area (Å²) in [6.07, 6.45) is 5.92. The van der Waals surface area contributed by atoms with Crippen LogP contribution in [0, 0.1) is 0 Å². The zero-order chi connectivity index (χ0) is 16.9. The van der Waals surface area contributed by atoms with Gasteiger partial charge in [-0.1, -0.05) is 0 Å². The number of nitrogens with zero attached hydrogens (tertiary/aromatic N) is 3. The molecule has 23 heavy (non-hydrogen) atoms. The molecule has 0 saturated carbocycles. The molecule has 126 valence electrons. The number of alkyl carbamates (subject to hydrolysis) is 1. The number of nitrogens with one attached hydrogen (secondary N) is 1. The number of Topliss-reactive ketones (excluding diaryl/α,β-unsaturated/α-hetero) is 1. The summed E-state index contributed by atoms with van der Waals surface area (Å²) in [6, 6.07) is -0.00624. The zero-order valence-electron chi connectivity index (χ0n) is 13.9. The number of aromatic nitrogens is 2. The number of likely N-dealkylation sites (tertiary alicyclic amines) is 1. The number of ether oxygens (including phenoxy) is 1. The van der Waals surface area contributed by atoms with Gasteiger partial charge in [-0.25, -0.2) is 9.78 Å². The van der Waals surface area contributed by atoms with E-state index in [0.717, 1.165) is 19.4 Å². The van der Waals surface area contributed by atoms with Gasteiger partial charge >= 0.3 is 6.09 Å². The molecule has 0 aliphatic carbocycles. The Balaban J connectivity index is 1.84. The largest absolute Gasteiger partial charge is 0.444 e. The van der Waals surface area contributed by atoms with Crippen LogP contribution in [0.25, 0.3) is 0 Å². The van der Waals surface area contributed by atoms with Gasteiger partial charge in [0, 0.05) is 25.0 Å². The van der Waals surface area contributed by atoms with Crippen LogP contribution in [0.5, 0.6) is 0 Å². The van der Waals surface area contributed by atoms with Gasteiger partial charge in [0.2, 0.25) is 0 Å². The predicted molar refractivity (Wildman–Crippen MR) is 85.2 cm³/mol. The Kier molecular flexibility index (Phi) is 5.65. The normalized spacial score (nSPS) is 19.2. The highest BCUT2D eigenvalue weighted by Crippen LogP contribution is 2.12.